The first-order valence-electron chi connectivity index (χ1n) is 15.8. The molecule has 11 nitrogen and oxygen atoms in total. The van der Waals surface area contributed by atoms with Crippen molar-refractivity contribution in [2.75, 3.05) is 18.0 Å². The monoisotopic (exact) mass is 618 g/mol. The molecule has 4 aromatic heterocycles. The third-order valence-electron chi connectivity index (χ3n) is 9.90. The molecule has 12 heteroatoms. The Bertz CT molecular complexity index is 1750. The Morgan fingerprint density at radius 2 is 1.80 bits per heavy atom. The summed E-state index contributed by atoms with van der Waals surface area (Å²) in [5.41, 5.74) is 3.27. The standard InChI is InChI=1S/C32H39ClN8O3/c1-18-5-7-21(8-6-18)17-40-27-24(36-30(40)41-19(2)15-39(16-20(41)3)29(42)32(4)9-10-32)12-25(28-37-31(43)44-38-28)35-26(27)22-11-23(33)14-34-13-22/h11-14,18-21H,5-10,15-17H2,1-4H3,(H,37,38,43)/t18?,19-,20-,21?/m0/s1. The summed E-state index contributed by atoms with van der Waals surface area (Å²) >= 11 is 6.43. The highest BCUT2D eigenvalue weighted by Gasteiger charge is 2.49. The van der Waals surface area contributed by atoms with E-state index in [0.717, 1.165) is 60.7 Å². The van der Waals surface area contributed by atoms with E-state index in [0.29, 0.717) is 35.4 Å². The maximum atomic E-state index is 13.3. The lowest BCUT2D eigenvalue weighted by Gasteiger charge is -2.46. The van der Waals surface area contributed by atoms with E-state index < -0.39 is 5.76 Å². The number of aromatic nitrogens is 6. The highest BCUT2D eigenvalue weighted by atomic mass is 35.5. The Morgan fingerprint density at radius 3 is 2.43 bits per heavy atom. The Labute approximate surface area is 261 Å². The minimum Gasteiger partial charge on any atom is -0.338 e. The fourth-order valence-corrected chi connectivity index (χ4v) is 7.33. The molecule has 2 saturated carbocycles. The van der Waals surface area contributed by atoms with E-state index in [1.807, 2.05) is 12.1 Å². The van der Waals surface area contributed by atoms with E-state index in [-0.39, 0.29) is 29.2 Å². The molecule has 0 bridgehead atoms. The number of anilines is 1. The molecular weight excluding hydrogens is 580 g/mol. The van der Waals surface area contributed by atoms with Gasteiger partial charge in [0.1, 0.15) is 5.69 Å². The number of nitrogens with zero attached hydrogens (tertiary/aromatic N) is 7. The molecule has 3 aliphatic rings. The van der Waals surface area contributed by atoms with Gasteiger partial charge in [-0.2, -0.15) is 0 Å². The molecule has 1 amide bonds. The average molecular weight is 619 g/mol. The average Bonchev–Trinajstić information content (AvgIpc) is 3.43. The number of nitrogens with one attached hydrogen (secondary N) is 1. The number of H-pyrrole nitrogens is 1. The van der Waals surface area contributed by atoms with Crippen LogP contribution in [0, 0.1) is 17.3 Å². The number of hydrogen-bond acceptors (Lipinski definition) is 8. The molecule has 5 heterocycles. The highest BCUT2D eigenvalue weighted by molar-refractivity contribution is 6.30. The van der Waals surface area contributed by atoms with E-state index in [4.69, 9.17) is 26.1 Å². The van der Waals surface area contributed by atoms with Gasteiger partial charge in [-0.25, -0.2) is 14.8 Å². The second-order valence-electron chi connectivity index (χ2n) is 13.6. The van der Waals surface area contributed by atoms with Crippen LogP contribution in [0.4, 0.5) is 5.95 Å². The Morgan fingerprint density at radius 1 is 1.07 bits per heavy atom. The molecule has 1 saturated heterocycles. The number of carbonyl (C=O) groups is 1. The van der Waals surface area contributed by atoms with Gasteiger partial charge in [0.15, 0.2) is 0 Å². The summed E-state index contributed by atoms with van der Waals surface area (Å²) in [7, 11) is 0. The number of amides is 1. The second kappa shape index (κ2) is 11.0. The predicted octanol–water partition coefficient (Wildman–Crippen LogP) is 5.54. The summed E-state index contributed by atoms with van der Waals surface area (Å²) in [6, 6.07) is 3.82. The van der Waals surface area contributed by atoms with Crippen molar-refractivity contribution in [2.24, 2.45) is 17.3 Å². The Kier molecular flexibility index (Phi) is 7.26. The van der Waals surface area contributed by atoms with Gasteiger partial charge >= 0.3 is 5.76 Å². The minimum absolute atomic E-state index is 0.0580. The van der Waals surface area contributed by atoms with E-state index in [1.165, 1.54) is 12.8 Å². The van der Waals surface area contributed by atoms with Crippen molar-refractivity contribution in [2.45, 2.75) is 84.8 Å². The van der Waals surface area contributed by atoms with Crippen LogP contribution in [-0.4, -0.2) is 65.6 Å². The number of piperazine rings is 1. The van der Waals surface area contributed by atoms with E-state index >= 15 is 0 Å². The van der Waals surface area contributed by atoms with Crippen LogP contribution >= 0.6 is 11.6 Å². The minimum atomic E-state index is -0.652. The number of hydrogen-bond donors (Lipinski definition) is 1. The fourth-order valence-electron chi connectivity index (χ4n) is 7.15. The molecule has 4 aromatic rings. The molecule has 0 aromatic carbocycles. The van der Waals surface area contributed by atoms with Gasteiger partial charge in [0.2, 0.25) is 17.7 Å². The molecular formula is C32H39ClN8O3. The van der Waals surface area contributed by atoms with Crippen molar-refractivity contribution in [3.8, 4) is 22.8 Å². The van der Waals surface area contributed by atoms with Gasteiger partial charge in [0.25, 0.3) is 0 Å². The summed E-state index contributed by atoms with van der Waals surface area (Å²) in [5.74, 6) is 1.96. The van der Waals surface area contributed by atoms with Gasteiger partial charge in [0, 0.05) is 55.1 Å². The molecule has 3 fully saturated rings. The largest absolute Gasteiger partial charge is 0.439 e. The summed E-state index contributed by atoms with van der Waals surface area (Å²) < 4.78 is 7.15. The zero-order chi connectivity index (χ0) is 30.7. The fraction of sp³-hybridized carbons (Fsp3) is 0.562. The quantitative estimate of drug-likeness (QED) is 0.298. The van der Waals surface area contributed by atoms with Crippen LogP contribution in [0.5, 0.6) is 0 Å². The molecule has 2 aliphatic carbocycles. The maximum Gasteiger partial charge on any atom is 0.439 e. The van der Waals surface area contributed by atoms with Crippen LogP contribution in [0.15, 0.2) is 33.8 Å². The van der Waals surface area contributed by atoms with Gasteiger partial charge in [0.05, 0.1) is 21.7 Å². The number of aromatic amines is 1. The zero-order valence-corrected chi connectivity index (χ0v) is 26.5. The number of pyridine rings is 2. The number of imidazole rings is 1. The van der Waals surface area contributed by atoms with Crippen molar-refractivity contribution in [1.29, 1.82) is 0 Å². The zero-order valence-electron chi connectivity index (χ0n) is 25.7. The number of fused-ring (bicyclic) bond motifs is 1. The normalized spacial score (nSPS) is 25.0. The molecule has 232 valence electrons. The van der Waals surface area contributed by atoms with E-state index in [2.05, 4.69) is 57.2 Å². The van der Waals surface area contributed by atoms with Gasteiger partial charge in [-0.15, -0.1) is 0 Å². The summed E-state index contributed by atoms with van der Waals surface area (Å²) in [5, 5.41) is 4.41. The number of carbonyl (C=O) groups excluding carboxylic acids is 1. The molecule has 2 atom stereocenters. The predicted molar refractivity (Wildman–Crippen MR) is 168 cm³/mol. The summed E-state index contributed by atoms with van der Waals surface area (Å²) in [6.07, 6.45) is 10.0. The molecule has 0 radical (unpaired) electrons. The topological polar surface area (TPSA) is 126 Å². The van der Waals surface area contributed by atoms with Crippen molar-refractivity contribution >= 4 is 34.5 Å². The molecule has 1 N–H and O–H groups in total. The van der Waals surface area contributed by atoms with Gasteiger partial charge in [-0.1, -0.05) is 43.4 Å². The molecule has 44 heavy (non-hydrogen) atoms. The third kappa shape index (κ3) is 5.29. The second-order valence-corrected chi connectivity index (χ2v) is 14.0. The van der Waals surface area contributed by atoms with Crippen molar-refractivity contribution in [3.63, 3.8) is 0 Å². The van der Waals surface area contributed by atoms with Crippen molar-refractivity contribution in [1.82, 2.24) is 34.6 Å². The van der Waals surface area contributed by atoms with E-state index in [9.17, 15) is 9.59 Å². The lowest BCUT2D eigenvalue weighted by molar-refractivity contribution is -0.137. The first kappa shape index (κ1) is 29.0. The van der Waals surface area contributed by atoms with Crippen LogP contribution in [0.25, 0.3) is 33.8 Å². The number of halogens is 1. The van der Waals surface area contributed by atoms with Crippen LogP contribution in [0.2, 0.25) is 5.02 Å². The van der Waals surface area contributed by atoms with Crippen LogP contribution in [-0.2, 0) is 11.3 Å². The SMILES string of the molecule is CC1CCC(Cn2c(N3[C@@H](C)CN(C(=O)C4(C)CC4)C[C@@H]3C)nc3cc(-c4noc(=O)[nH]4)nc(-c4cncc(Cl)c4)c32)CC1. The molecule has 7 rings (SSSR count). The van der Waals surface area contributed by atoms with Crippen LogP contribution in [0.1, 0.15) is 66.2 Å². The van der Waals surface area contributed by atoms with E-state index in [1.54, 1.807) is 12.4 Å². The van der Waals surface area contributed by atoms with Crippen LogP contribution in [0.3, 0.4) is 0 Å². The molecule has 1 aliphatic heterocycles. The first-order chi connectivity index (χ1) is 21.1. The smallest absolute Gasteiger partial charge is 0.338 e. The Balaban J connectivity index is 1.38. The summed E-state index contributed by atoms with van der Waals surface area (Å²) in [6.45, 7) is 10.9. The Hall–Kier alpha value is -3.73. The van der Waals surface area contributed by atoms with Gasteiger partial charge in [-0.3, -0.25) is 19.3 Å². The van der Waals surface area contributed by atoms with Crippen molar-refractivity contribution in [3.05, 3.63) is 40.1 Å². The van der Waals surface area contributed by atoms with Gasteiger partial charge < -0.3 is 14.4 Å². The lowest BCUT2D eigenvalue weighted by atomic mass is 9.83. The molecule has 0 spiro atoms. The first-order valence-corrected chi connectivity index (χ1v) is 16.1. The van der Waals surface area contributed by atoms with Crippen molar-refractivity contribution < 1.29 is 9.32 Å². The van der Waals surface area contributed by atoms with Crippen LogP contribution < -0.4 is 10.7 Å². The third-order valence-corrected chi connectivity index (χ3v) is 10.1. The lowest BCUT2D eigenvalue weighted by Crippen LogP contribution is -2.60. The maximum absolute atomic E-state index is 13.3. The molecule has 0 unspecified atom stereocenters. The highest BCUT2D eigenvalue weighted by Crippen LogP contribution is 2.47. The van der Waals surface area contributed by atoms with Gasteiger partial charge in [-0.05, 0) is 63.5 Å². The summed E-state index contributed by atoms with van der Waals surface area (Å²) in [4.78, 5) is 46.9. The number of rotatable bonds is 6.